The number of benzene rings is 3. The summed E-state index contributed by atoms with van der Waals surface area (Å²) in [6.45, 7) is 5.43. The van der Waals surface area contributed by atoms with Crippen molar-refractivity contribution in [2.75, 3.05) is 39.9 Å². The van der Waals surface area contributed by atoms with Gasteiger partial charge in [0.25, 0.3) is 0 Å². The number of aryl methyl sites for hydroxylation is 1. The van der Waals surface area contributed by atoms with Crippen LogP contribution in [0.1, 0.15) is 68.9 Å². The Kier molecular flexibility index (Phi) is 7.86. The Morgan fingerprint density at radius 2 is 1.87 bits per heavy atom. The van der Waals surface area contributed by atoms with E-state index in [4.69, 9.17) is 28.4 Å². The summed E-state index contributed by atoms with van der Waals surface area (Å²) < 4.78 is 36.1. The lowest BCUT2D eigenvalue weighted by atomic mass is 9.74. The Morgan fingerprint density at radius 3 is 2.65 bits per heavy atom. The van der Waals surface area contributed by atoms with Crippen LogP contribution in [0.3, 0.4) is 0 Å². The molecule has 4 bridgehead atoms. The van der Waals surface area contributed by atoms with Crippen LogP contribution in [0, 0.1) is 13.8 Å². The van der Waals surface area contributed by atoms with Gasteiger partial charge in [0.15, 0.2) is 28.5 Å². The Bertz CT molecular complexity index is 2330. The first-order valence-electron chi connectivity index (χ1n) is 18.5. The van der Waals surface area contributed by atoms with Crippen molar-refractivity contribution in [1.29, 1.82) is 0 Å². The molecule has 1 spiro atoms. The van der Waals surface area contributed by atoms with E-state index in [-0.39, 0.29) is 24.9 Å². The fourth-order valence-corrected chi connectivity index (χ4v) is 11.9. The molecule has 0 saturated carbocycles. The van der Waals surface area contributed by atoms with E-state index in [1.165, 1.54) is 25.8 Å². The van der Waals surface area contributed by atoms with Crippen molar-refractivity contribution in [3.05, 3.63) is 68.9 Å². The van der Waals surface area contributed by atoms with Crippen LogP contribution in [0.15, 0.2) is 24.3 Å². The Hall–Kier alpha value is -4.67. The van der Waals surface area contributed by atoms with Gasteiger partial charge >= 0.3 is 11.9 Å². The third-order valence-corrected chi connectivity index (χ3v) is 13.9. The van der Waals surface area contributed by atoms with Gasteiger partial charge in [-0.25, -0.2) is 4.79 Å². The predicted molar refractivity (Wildman–Crippen MR) is 200 cm³/mol. The van der Waals surface area contributed by atoms with Gasteiger partial charge in [-0.1, -0.05) is 6.07 Å². The van der Waals surface area contributed by atoms with E-state index in [1.54, 1.807) is 7.11 Å². The highest BCUT2D eigenvalue weighted by Crippen LogP contribution is 2.63. The summed E-state index contributed by atoms with van der Waals surface area (Å²) in [7, 11) is 3.17. The molecular formula is C40H42N4O10S. The monoisotopic (exact) mass is 770 g/mol. The molecule has 14 nitrogen and oxygen atoms in total. The SMILES string of the molecule is COc1ccc2[nH]c3c(c2c1)CCN[C@]31CS[C@@H]2c3c(OC(C)=O)c(C)c4c(c3[C@@H](COC1=O)N1C2[C@H]2N[C@@H](Cc3cc(C)c(OC)c(O)c32)[C@@H]1O)OCO4. The van der Waals surface area contributed by atoms with Crippen molar-refractivity contribution in [3.8, 4) is 34.5 Å². The highest BCUT2D eigenvalue weighted by Gasteiger charge is 2.60. The molecule has 11 rings (SSSR count). The van der Waals surface area contributed by atoms with Crippen molar-refractivity contribution < 1.29 is 48.2 Å². The van der Waals surface area contributed by atoms with Crippen molar-refractivity contribution >= 4 is 34.6 Å². The number of aromatic nitrogens is 1. The lowest BCUT2D eigenvalue weighted by Crippen LogP contribution is -2.69. The standard InChI is InChI=1S/C40H42N4O10S/c1-16-10-19-11-24-38(47)44-25-13-51-39(48)40(37-21(8-9-41-40)22-12-20(49-4)6-7-23(22)43-37)14-55-36(30(44)29(42-24)26(19)31(46)32(16)50-5)28-27(25)35-34(52-15-53-35)17(2)33(28)54-18(3)45/h6-7,10,12,24-25,29-30,36,38,41-43,46-47H,8-9,11,13-15H2,1-5H3/t24-,25+,29-,30?,36+,38-,40+/m0/s1. The van der Waals surface area contributed by atoms with Crippen LogP contribution in [-0.4, -0.2) is 90.3 Å². The summed E-state index contributed by atoms with van der Waals surface area (Å²) in [6.07, 6.45) is 0.0904. The van der Waals surface area contributed by atoms with Crippen molar-refractivity contribution in [2.24, 2.45) is 0 Å². The van der Waals surface area contributed by atoms with E-state index in [0.717, 1.165) is 39.0 Å². The molecule has 0 amide bonds. The number of nitrogens with zero attached hydrogens (tertiary/aromatic N) is 1. The average molecular weight is 771 g/mol. The van der Waals surface area contributed by atoms with E-state index in [1.807, 2.05) is 43.0 Å². The van der Waals surface area contributed by atoms with Gasteiger partial charge in [0, 0.05) is 58.4 Å². The topological polar surface area (TPSA) is 173 Å². The molecule has 8 heterocycles. The molecule has 7 aliphatic heterocycles. The summed E-state index contributed by atoms with van der Waals surface area (Å²) in [5.74, 6) is 1.67. The van der Waals surface area contributed by atoms with Gasteiger partial charge in [0.1, 0.15) is 24.3 Å². The third-order valence-electron chi connectivity index (χ3n) is 12.4. The quantitative estimate of drug-likeness (QED) is 0.150. The Morgan fingerprint density at radius 1 is 1.05 bits per heavy atom. The lowest BCUT2D eigenvalue weighted by molar-refractivity contribution is -0.164. The molecule has 3 aromatic carbocycles. The number of hydrogen-bond acceptors (Lipinski definition) is 14. The largest absolute Gasteiger partial charge is 0.504 e. The first kappa shape index (κ1) is 34.8. The zero-order valence-electron chi connectivity index (χ0n) is 31.0. The average Bonchev–Trinajstić information content (AvgIpc) is 3.82. The van der Waals surface area contributed by atoms with Crippen LogP contribution < -0.4 is 34.3 Å². The molecule has 5 N–H and O–H groups in total. The number of phenolic OH excluding ortho intramolecular Hbond substituents is 1. The summed E-state index contributed by atoms with van der Waals surface area (Å²) >= 11 is 1.51. The minimum Gasteiger partial charge on any atom is -0.504 e. The predicted octanol–water partition coefficient (Wildman–Crippen LogP) is 3.85. The zero-order valence-corrected chi connectivity index (χ0v) is 31.8. The number of thioether (sulfide) groups is 1. The van der Waals surface area contributed by atoms with E-state index < -0.39 is 53.1 Å². The summed E-state index contributed by atoms with van der Waals surface area (Å²) in [6, 6.07) is 5.62. The summed E-state index contributed by atoms with van der Waals surface area (Å²) in [5.41, 5.74) is 5.70. The van der Waals surface area contributed by atoms with E-state index in [2.05, 4.69) is 15.6 Å². The fourth-order valence-electron chi connectivity index (χ4n) is 10.2. The summed E-state index contributed by atoms with van der Waals surface area (Å²) in [5, 5.41) is 32.0. The second-order valence-electron chi connectivity index (χ2n) is 15.2. The first-order chi connectivity index (χ1) is 26.6. The number of aliphatic hydroxyl groups is 1. The van der Waals surface area contributed by atoms with Gasteiger partial charge in [0.05, 0.1) is 43.3 Å². The molecule has 1 unspecified atom stereocenters. The number of fused-ring (bicyclic) bond motifs is 11. The van der Waals surface area contributed by atoms with Crippen LogP contribution in [-0.2, 0) is 32.7 Å². The number of rotatable bonds is 3. The van der Waals surface area contributed by atoms with Gasteiger partial charge in [-0.2, -0.15) is 0 Å². The minimum atomic E-state index is -1.28. The molecule has 2 saturated heterocycles. The maximum atomic E-state index is 14.8. The van der Waals surface area contributed by atoms with E-state index >= 15 is 0 Å². The normalized spacial score (nSPS) is 28.9. The molecule has 0 aliphatic carbocycles. The van der Waals surface area contributed by atoms with Crippen molar-refractivity contribution in [3.63, 3.8) is 0 Å². The molecule has 7 atom stereocenters. The molecule has 55 heavy (non-hydrogen) atoms. The second kappa shape index (κ2) is 12.4. The van der Waals surface area contributed by atoms with Crippen molar-refractivity contribution in [2.45, 2.75) is 74.8 Å². The maximum absolute atomic E-state index is 14.8. The highest BCUT2D eigenvalue weighted by molar-refractivity contribution is 7.99. The number of aromatic amines is 1. The Balaban J connectivity index is 1.22. The smallest absolute Gasteiger partial charge is 0.333 e. The molecule has 0 radical (unpaired) electrons. The first-order valence-corrected chi connectivity index (χ1v) is 19.6. The number of H-pyrrole nitrogens is 1. The number of nitrogens with one attached hydrogen (secondary N) is 3. The zero-order chi connectivity index (χ0) is 38.1. The van der Waals surface area contributed by atoms with Gasteiger partial charge < -0.3 is 48.9 Å². The van der Waals surface area contributed by atoms with Crippen molar-refractivity contribution in [1.82, 2.24) is 20.5 Å². The van der Waals surface area contributed by atoms with Crippen LogP contribution in [0.5, 0.6) is 34.5 Å². The second-order valence-corrected chi connectivity index (χ2v) is 16.3. The molecule has 2 fully saturated rings. The van der Waals surface area contributed by atoms with Crippen LogP contribution >= 0.6 is 11.8 Å². The van der Waals surface area contributed by atoms with Crippen LogP contribution in [0.4, 0.5) is 0 Å². The highest BCUT2D eigenvalue weighted by atomic mass is 32.2. The number of phenols is 1. The number of ether oxygens (including phenoxy) is 6. The number of aliphatic hydroxyl groups excluding tert-OH is 1. The number of carbonyl (C=O) groups excluding carboxylic acids is 2. The molecule has 15 heteroatoms. The van der Waals surface area contributed by atoms with Gasteiger partial charge in [-0.15, -0.1) is 11.8 Å². The number of carbonyl (C=O) groups is 2. The molecule has 4 aromatic rings. The number of hydrogen-bond donors (Lipinski definition) is 5. The molecule has 288 valence electrons. The maximum Gasteiger partial charge on any atom is 0.333 e. The number of piperazine rings is 1. The summed E-state index contributed by atoms with van der Waals surface area (Å²) in [4.78, 5) is 33.3. The minimum absolute atomic E-state index is 0.0417. The van der Waals surface area contributed by atoms with Crippen LogP contribution in [0.25, 0.3) is 10.9 Å². The Labute approximate surface area is 320 Å². The molecule has 7 aliphatic rings. The van der Waals surface area contributed by atoms with Gasteiger partial charge in [0.2, 0.25) is 6.79 Å². The molecular weight excluding hydrogens is 729 g/mol. The number of esters is 2. The van der Waals surface area contributed by atoms with E-state index in [9.17, 15) is 19.8 Å². The number of aromatic hydroxyl groups is 1. The lowest BCUT2D eigenvalue weighted by Gasteiger charge is -2.59. The third kappa shape index (κ3) is 4.76. The molecule has 1 aromatic heterocycles. The van der Waals surface area contributed by atoms with Crippen LogP contribution in [0.2, 0.25) is 0 Å². The number of methoxy groups -OCH3 is 2. The van der Waals surface area contributed by atoms with Gasteiger partial charge in [-0.3, -0.25) is 15.0 Å². The van der Waals surface area contributed by atoms with E-state index in [0.29, 0.717) is 64.6 Å². The van der Waals surface area contributed by atoms with Gasteiger partial charge in [-0.05, 0) is 61.6 Å². The fraction of sp³-hybridized carbons (Fsp3) is 0.450.